The molecule has 2 bridgehead atoms. The molecule has 0 aromatic heterocycles. The maximum Gasteiger partial charge on any atom is 0.0495 e. The van der Waals surface area contributed by atoms with E-state index in [2.05, 4.69) is 12.4 Å². The van der Waals surface area contributed by atoms with Crippen LogP contribution in [0, 0.1) is 23.7 Å². The van der Waals surface area contributed by atoms with Gasteiger partial charge in [0.1, 0.15) is 0 Å². The maximum absolute atomic E-state index is 5.49. The van der Waals surface area contributed by atoms with Crippen molar-refractivity contribution >= 4 is 0 Å². The zero-order valence-electron chi connectivity index (χ0n) is 11.2. The molecule has 0 amide bonds. The summed E-state index contributed by atoms with van der Waals surface area (Å²) in [6, 6.07) is 0.742. The van der Waals surface area contributed by atoms with E-state index in [0.29, 0.717) is 0 Å². The molecule has 0 radical (unpaired) electrons. The molecule has 5 atom stereocenters. The molecular weight excluding hydrogens is 210 g/mol. The summed E-state index contributed by atoms with van der Waals surface area (Å²) in [5.74, 6) is 4.03. The van der Waals surface area contributed by atoms with Crippen LogP contribution >= 0.6 is 0 Å². The highest BCUT2D eigenvalue weighted by molar-refractivity contribution is 4.92. The fourth-order valence-electron chi connectivity index (χ4n) is 4.53. The molecule has 2 nitrogen and oxygen atoms in total. The maximum atomic E-state index is 5.49. The molecule has 5 unspecified atom stereocenters. The summed E-state index contributed by atoms with van der Waals surface area (Å²) in [6.45, 7) is 2.00. The van der Waals surface area contributed by atoms with Crippen molar-refractivity contribution in [2.24, 2.45) is 23.7 Å². The molecule has 3 rings (SSSR count). The Balaban J connectivity index is 1.48. The Morgan fingerprint density at radius 1 is 1.18 bits per heavy atom. The molecule has 1 N–H and O–H groups in total. The molecular formula is C15H27NO. The molecule has 2 heteroatoms. The zero-order chi connectivity index (χ0) is 11.7. The van der Waals surface area contributed by atoms with E-state index < -0.39 is 0 Å². The van der Waals surface area contributed by atoms with Crippen molar-refractivity contribution in [2.75, 3.05) is 20.3 Å². The molecule has 0 aromatic rings. The average molecular weight is 237 g/mol. The van der Waals surface area contributed by atoms with Gasteiger partial charge in [-0.1, -0.05) is 6.42 Å². The van der Waals surface area contributed by atoms with Gasteiger partial charge in [0.2, 0.25) is 0 Å². The summed E-state index contributed by atoms with van der Waals surface area (Å²) in [6.07, 6.45) is 10.2. The van der Waals surface area contributed by atoms with Crippen molar-refractivity contribution in [2.45, 2.75) is 51.0 Å². The van der Waals surface area contributed by atoms with Gasteiger partial charge < -0.3 is 10.1 Å². The Kier molecular flexibility index (Phi) is 3.72. The largest absolute Gasteiger partial charge is 0.381 e. The molecule has 2 aliphatic carbocycles. The van der Waals surface area contributed by atoms with Crippen LogP contribution in [0.15, 0.2) is 0 Å². The van der Waals surface area contributed by atoms with E-state index >= 15 is 0 Å². The predicted molar refractivity (Wildman–Crippen MR) is 69.9 cm³/mol. The molecule has 1 aliphatic heterocycles. The minimum Gasteiger partial charge on any atom is -0.381 e. The molecule has 1 saturated heterocycles. The molecule has 0 aromatic carbocycles. The Labute approximate surface area is 105 Å². The number of nitrogens with one attached hydrogen (secondary N) is 1. The fraction of sp³-hybridized carbons (Fsp3) is 1.00. The quantitative estimate of drug-likeness (QED) is 0.794. The van der Waals surface area contributed by atoms with Gasteiger partial charge in [-0.15, -0.1) is 0 Å². The van der Waals surface area contributed by atoms with Gasteiger partial charge in [-0.25, -0.2) is 0 Å². The van der Waals surface area contributed by atoms with Crippen molar-refractivity contribution in [3.05, 3.63) is 0 Å². The van der Waals surface area contributed by atoms with Gasteiger partial charge in [-0.2, -0.15) is 0 Å². The third-order valence-electron chi connectivity index (χ3n) is 5.52. The van der Waals surface area contributed by atoms with Crippen molar-refractivity contribution in [3.8, 4) is 0 Å². The lowest BCUT2D eigenvalue weighted by Gasteiger charge is -2.27. The van der Waals surface area contributed by atoms with Crippen LogP contribution in [0.5, 0.6) is 0 Å². The van der Waals surface area contributed by atoms with Crippen molar-refractivity contribution in [1.82, 2.24) is 5.32 Å². The van der Waals surface area contributed by atoms with Crippen molar-refractivity contribution in [3.63, 3.8) is 0 Å². The van der Waals surface area contributed by atoms with E-state index in [0.717, 1.165) is 42.9 Å². The molecule has 3 aliphatic rings. The SMILES string of the molecule is CNC(CC1CCOC1)CC1CC2CCC1C2. The van der Waals surface area contributed by atoms with E-state index in [1.54, 1.807) is 6.42 Å². The predicted octanol–water partition coefficient (Wildman–Crippen LogP) is 2.83. The van der Waals surface area contributed by atoms with Gasteiger partial charge in [0.15, 0.2) is 0 Å². The fourth-order valence-corrected chi connectivity index (χ4v) is 4.53. The lowest BCUT2D eigenvalue weighted by molar-refractivity contribution is 0.178. The van der Waals surface area contributed by atoms with E-state index in [9.17, 15) is 0 Å². The van der Waals surface area contributed by atoms with Gasteiger partial charge >= 0.3 is 0 Å². The van der Waals surface area contributed by atoms with Crippen LogP contribution in [0.2, 0.25) is 0 Å². The van der Waals surface area contributed by atoms with Gasteiger partial charge in [-0.05, 0) is 69.2 Å². The second kappa shape index (κ2) is 5.27. The Morgan fingerprint density at radius 3 is 2.71 bits per heavy atom. The van der Waals surface area contributed by atoms with E-state index in [-0.39, 0.29) is 0 Å². The lowest BCUT2D eigenvalue weighted by Crippen LogP contribution is -2.31. The summed E-state index contributed by atoms with van der Waals surface area (Å²) in [4.78, 5) is 0. The minimum absolute atomic E-state index is 0.742. The smallest absolute Gasteiger partial charge is 0.0495 e. The Morgan fingerprint density at radius 2 is 2.12 bits per heavy atom. The lowest BCUT2D eigenvalue weighted by atomic mass is 9.82. The van der Waals surface area contributed by atoms with Crippen LogP contribution in [0.1, 0.15) is 44.9 Å². The summed E-state index contributed by atoms with van der Waals surface area (Å²) >= 11 is 0. The topological polar surface area (TPSA) is 21.3 Å². The summed E-state index contributed by atoms with van der Waals surface area (Å²) in [5.41, 5.74) is 0. The second-order valence-corrected chi connectivity index (χ2v) is 6.62. The van der Waals surface area contributed by atoms with Crippen LogP contribution in [0.3, 0.4) is 0 Å². The first-order chi connectivity index (χ1) is 8.35. The van der Waals surface area contributed by atoms with Gasteiger partial charge in [-0.3, -0.25) is 0 Å². The van der Waals surface area contributed by atoms with Crippen LogP contribution < -0.4 is 5.32 Å². The number of hydrogen-bond acceptors (Lipinski definition) is 2. The van der Waals surface area contributed by atoms with Crippen molar-refractivity contribution in [1.29, 1.82) is 0 Å². The van der Waals surface area contributed by atoms with Crippen LogP contribution in [0.4, 0.5) is 0 Å². The van der Waals surface area contributed by atoms with Crippen LogP contribution in [0.25, 0.3) is 0 Å². The average Bonchev–Trinajstić information content (AvgIpc) is 3.04. The first kappa shape index (κ1) is 12.0. The third-order valence-corrected chi connectivity index (χ3v) is 5.52. The number of rotatable bonds is 5. The molecule has 17 heavy (non-hydrogen) atoms. The van der Waals surface area contributed by atoms with Gasteiger partial charge in [0.25, 0.3) is 0 Å². The first-order valence-corrected chi connectivity index (χ1v) is 7.60. The van der Waals surface area contributed by atoms with Crippen LogP contribution in [-0.4, -0.2) is 26.3 Å². The summed E-state index contributed by atoms with van der Waals surface area (Å²) < 4.78 is 5.49. The van der Waals surface area contributed by atoms with Crippen LogP contribution in [-0.2, 0) is 4.74 Å². The van der Waals surface area contributed by atoms with Gasteiger partial charge in [0, 0.05) is 19.3 Å². The zero-order valence-corrected chi connectivity index (χ0v) is 11.2. The number of hydrogen-bond donors (Lipinski definition) is 1. The molecule has 98 valence electrons. The van der Waals surface area contributed by atoms with Gasteiger partial charge in [0.05, 0.1) is 0 Å². The minimum atomic E-state index is 0.742. The molecule has 0 spiro atoms. The monoisotopic (exact) mass is 237 g/mol. The highest BCUT2D eigenvalue weighted by Crippen LogP contribution is 2.50. The van der Waals surface area contributed by atoms with E-state index in [4.69, 9.17) is 4.74 Å². The molecule has 1 heterocycles. The Hall–Kier alpha value is -0.0800. The molecule has 2 saturated carbocycles. The Bertz CT molecular complexity index is 249. The summed E-state index contributed by atoms with van der Waals surface area (Å²) in [5, 5.41) is 3.56. The van der Waals surface area contributed by atoms with Crippen molar-refractivity contribution < 1.29 is 4.74 Å². The first-order valence-electron chi connectivity index (χ1n) is 7.60. The highest BCUT2D eigenvalue weighted by atomic mass is 16.5. The second-order valence-electron chi connectivity index (χ2n) is 6.62. The third kappa shape index (κ3) is 2.68. The highest BCUT2D eigenvalue weighted by Gasteiger charge is 2.40. The molecule has 3 fully saturated rings. The number of fused-ring (bicyclic) bond motifs is 2. The van der Waals surface area contributed by atoms with E-state index in [1.807, 2.05) is 0 Å². The normalized spacial score (nSPS) is 42.2. The summed E-state index contributed by atoms with van der Waals surface area (Å²) in [7, 11) is 2.15. The number of ether oxygens (including phenoxy) is 1. The van der Waals surface area contributed by atoms with E-state index in [1.165, 1.54) is 38.5 Å². The standard InChI is InChI=1S/C15H27NO/c1-16-15(8-12-4-5-17-10-12)9-14-7-11-2-3-13(14)6-11/h11-16H,2-10H2,1H3.